The lowest BCUT2D eigenvalue weighted by Gasteiger charge is -2.34. The highest BCUT2D eigenvalue weighted by molar-refractivity contribution is 7.13. The van der Waals surface area contributed by atoms with Crippen molar-refractivity contribution in [2.45, 2.75) is 25.3 Å². The number of likely N-dealkylation sites (N-methyl/N-ethyl adjacent to an activating group) is 1. The fourth-order valence-corrected chi connectivity index (χ4v) is 6.16. The molecule has 3 atom stereocenters. The Kier molecular flexibility index (Phi) is 4.93. The molecule has 0 aliphatic carbocycles. The van der Waals surface area contributed by atoms with Crippen molar-refractivity contribution in [3.05, 3.63) is 88.9 Å². The van der Waals surface area contributed by atoms with Gasteiger partial charge in [0.25, 0.3) is 5.91 Å². The second-order valence-corrected chi connectivity index (χ2v) is 10.2. The Hall–Kier alpha value is -3.22. The van der Waals surface area contributed by atoms with Gasteiger partial charge in [-0.15, -0.1) is 11.3 Å². The van der Waals surface area contributed by atoms with E-state index < -0.39 is 0 Å². The van der Waals surface area contributed by atoms with Crippen molar-refractivity contribution in [2.24, 2.45) is 0 Å². The molecule has 0 radical (unpaired) electrons. The van der Waals surface area contributed by atoms with E-state index in [0.29, 0.717) is 11.5 Å². The lowest BCUT2D eigenvalue weighted by molar-refractivity contribution is -0.886. The summed E-state index contributed by atoms with van der Waals surface area (Å²) in [4.78, 5) is 18.9. The molecule has 1 N–H and O–H groups in total. The molecule has 0 saturated carbocycles. The predicted octanol–water partition coefficient (Wildman–Crippen LogP) is 3.94. The van der Waals surface area contributed by atoms with Crippen LogP contribution in [0.3, 0.4) is 0 Å². The molecule has 2 aromatic heterocycles. The van der Waals surface area contributed by atoms with Crippen LogP contribution in [0.5, 0.6) is 0 Å². The third-order valence-electron chi connectivity index (χ3n) is 7.01. The average molecular weight is 456 g/mol. The van der Waals surface area contributed by atoms with Crippen molar-refractivity contribution in [3.63, 3.8) is 0 Å². The molecule has 6 rings (SSSR count). The standard InChI is InChI=1S/C27H26N4OS/c1-18-10-11-23-20(15-18)21-16-29(2)13-12-24(21)31(23)27(32)22-17-30(19-7-4-3-5-8-19)28-26(22)25-9-6-14-33-25/h3-11,14-15,17,21,24H,12-13,16H2,1-2H3/p+1/t21-,24-/m0/s1. The lowest BCUT2D eigenvalue weighted by atomic mass is 9.88. The monoisotopic (exact) mass is 455 g/mol. The number of amides is 1. The predicted molar refractivity (Wildman–Crippen MR) is 133 cm³/mol. The lowest BCUT2D eigenvalue weighted by Crippen LogP contribution is -3.11. The zero-order chi connectivity index (χ0) is 22.5. The molecule has 1 saturated heterocycles. The van der Waals surface area contributed by atoms with E-state index in [2.05, 4.69) is 37.1 Å². The van der Waals surface area contributed by atoms with Crippen LogP contribution in [0.25, 0.3) is 16.3 Å². The van der Waals surface area contributed by atoms with E-state index >= 15 is 0 Å². The number of piperidine rings is 1. The summed E-state index contributed by atoms with van der Waals surface area (Å²) in [6, 6.07) is 20.8. The SMILES string of the molecule is Cc1ccc2c(c1)[C@@H]1C[NH+](C)CC[C@@H]1N2C(=O)c1cn(-c2ccccc2)nc1-c1cccs1. The summed E-state index contributed by atoms with van der Waals surface area (Å²) < 4.78 is 1.84. The average Bonchev–Trinajstić information content (AvgIpc) is 3.56. The highest BCUT2D eigenvalue weighted by atomic mass is 32.1. The Labute approximate surface area is 197 Å². The van der Waals surface area contributed by atoms with Crippen LogP contribution >= 0.6 is 11.3 Å². The molecule has 2 aliphatic rings. The Morgan fingerprint density at radius 1 is 1.12 bits per heavy atom. The third kappa shape index (κ3) is 3.41. The summed E-state index contributed by atoms with van der Waals surface area (Å²) in [7, 11) is 2.26. The quantitative estimate of drug-likeness (QED) is 0.509. The minimum absolute atomic E-state index is 0.0535. The summed E-state index contributed by atoms with van der Waals surface area (Å²) in [5.41, 5.74) is 6.02. The van der Waals surface area contributed by atoms with Crippen molar-refractivity contribution in [2.75, 3.05) is 25.0 Å². The molecule has 2 aliphatic heterocycles. The number of rotatable bonds is 3. The number of aryl methyl sites for hydroxylation is 1. The molecule has 2 aromatic carbocycles. The number of quaternary nitrogens is 1. The van der Waals surface area contributed by atoms with E-state index in [1.807, 2.05) is 58.7 Å². The smallest absolute Gasteiger partial charge is 0.262 e. The van der Waals surface area contributed by atoms with Gasteiger partial charge in [0, 0.05) is 18.3 Å². The van der Waals surface area contributed by atoms with Crippen molar-refractivity contribution >= 4 is 22.9 Å². The number of aromatic nitrogens is 2. The normalized spacial score (nSPS) is 21.6. The number of hydrogen-bond acceptors (Lipinski definition) is 3. The number of hydrogen-bond donors (Lipinski definition) is 1. The van der Waals surface area contributed by atoms with Crippen LogP contribution in [0.1, 0.15) is 33.8 Å². The number of benzene rings is 2. The van der Waals surface area contributed by atoms with Gasteiger partial charge in [0.05, 0.1) is 48.2 Å². The van der Waals surface area contributed by atoms with E-state index in [-0.39, 0.29) is 11.9 Å². The number of nitrogens with zero attached hydrogens (tertiary/aromatic N) is 3. The van der Waals surface area contributed by atoms with Gasteiger partial charge in [-0.2, -0.15) is 5.10 Å². The van der Waals surface area contributed by atoms with Gasteiger partial charge in [0.15, 0.2) is 0 Å². The Morgan fingerprint density at radius 2 is 1.97 bits per heavy atom. The summed E-state index contributed by atoms with van der Waals surface area (Å²) in [5.74, 6) is 0.435. The first kappa shape index (κ1) is 20.4. The molecule has 33 heavy (non-hydrogen) atoms. The van der Waals surface area contributed by atoms with Gasteiger partial charge in [0.2, 0.25) is 0 Å². The molecule has 4 aromatic rings. The Morgan fingerprint density at radius 3 is 2.76 bits per heavy atom. The van der Waals surface area contributed by atoms with Gasteiger partial charge in [-0.3, -0.25) is 4.79 Å². The van der Waals surface area contributed by atoms with E-state index in [9.17, 15) is 4.79 Å². The second kappa shape index (κ2) is 7.97. The number of thiophene rings is 1. The molecule has 0 bridgehead atoms. The van der Waals surface area contributed by atoms with Crippen LogP contribution in [0.2, 0.25) is 0 Å². The van der Waals surface area contributed by atoms with Crippen LogP contribution in [-0.2, 0) is 0 Å². The number of anilines is 1. The van der Waals surface area contributed by atoms with Gasteiger partial charge in [0.1, 0.15) is 5.69 Å². The summed E-state index contributed by atoms with van der Waals surface area (Å²) in [6.07, 6.45) is 2.92. The Bertz CT molecular complexity index is 1310. The first-order valence-corrected chi connectivity index (χ1v) is 12.4. The van der Waals surface area contributed by atoms with Crippen LogP contribution in [0.4, 0.5) is 5.69 Å². The largest absolute Gasteiger partial charge is 0.337 e. The molecular weight excluding hydrogens is 428 g/mol. The van der Waals surface area contributed by atoms with Crippen molar-refractivity contribution in [1.82, 2.24) is 9.78 Å². The summed E-state index contributed by atoms with van der Waals surface area (Å²) in [5, 5.41) is 6.91. The van der Waals surface area contributed by atoms with Crippen LogP contribution in [0, 0.1) is 6.92 Å². The van der Waals surface area contributed by atoms with E-state index in [4.69, 9.17) is 5.10 Å². The number of nitrogens with one attached hydrogen (secondary N) is 1. The molecule has 1 unspecified atom stereocenters. The Balaban J connectivity index is 1.48. The zero-order valence-corrected chi connectivity index (χ0v) is 19.7. The van der Waals surface area contributed by atoms with E-state index in [1.165, 1.54) is 16.0 Å². The van der Waals surface area contributed by atoms with Gasteiger partial charge in [-0.25, -0.2) is 4.68 Å². The maximum Gasteiger partial charge on any atom is 0.262 e. The minimum Gasteiger partial charge on any atom is -0.337 e. The van der Waals surface area contributed by atoms with E-state index in [0.717, 1.165) is 41.5 Å². The van der Waals surface area contributed by atoms with Gasteiger partial charge in [-0.05, 0) is 42.1 Å². The molecule has 166 valence electrons. The number of likely N-dealkylation sites (tertiary alicyclic amines) is 1. The topological polar surface area (TPSA) is 42.6 Å². The van der Waals surface area contributed by atoms with Crippen LogP contribution < -0.4 is 9.80 Å². The summed E-state index contributed by atoms with van der Waals surface area (Å²) in [6.45, 7) is 4.28. The first-order chi connectivity index (χ1) is 16.1. The molecule has 4 heterocycles. The van der Waals surface area contributed by atoms with Crippen molar-refractivity contribution < 1.29 is 9.69 Å². The third-order valence-corrected chi connectivity index (χ3v) is 7.89. The molecule has 1 amide bonds. The maximum atomic E-state index is 14.3. The number of para-hydroxylation sites is 1. The number of fused-ring (bicyclic) bond motifs is 3. The molecule has 5 nitrogen and oxygen atoms in total. The van der Waals surface area contributed by atoms with Crippen molar-refractivity contribution in [3.8, 4) is 16.3 Å². The fraction of sp³-hybridized carbons (Fsp3) is 0.259. The summed E-state index contributed by atoms with van der Waals surface area (Å²) >= 11 is 1.62. The van der Waals surface area contributed by atoms with Gasteiger partial charge < -0.3 is 9.80 Å². The molecule has 6 heteroatoms. The van der Waals surface area contributed by atoms with E-state index in [1.54, 1.807) is 11.3 Å². The second-order valence-electron chi connectivity index (χ2n) is 9.26. The highest BCUT2D eigenvalue weighted by Gasteiger charge is 2.46. The zero-order valence-electron chi connectivity index (χ0n) is 18.9. The molecule has 0 spiro atoms. The number of carbonyl (C=O) groups is 1. The van der Waals surface area contributed by atoms with Gasteiger partial charge in [-0.1, -0.05) is 42.0 Å². The molecular formula is C27H27N4OS+. The first-order valence-electron chi connectivity index (χ1n) is 11.5. The fourth-order valence-electron chi connectivity index (χ4n) is 5.43. The highest BCUT2D eigenvalue weighted by Crippen LogP contribution is 2.44. The number of carbonyl (C=O) groups excluding carboxylic acids is 1. The van der Waals surface area contributed by atoms with Crippen LogP contribution in [-0.4, -0.2) is 41.9 Å². The van der Waals surface area contributed by atoms with Crippen LogP contribution in [0.15, 0.2) is 72.2 Å². The molecule has 1 fully saturated rings. The minimum atomic E-state index is 0.0535. The van der Waals surface area contributed by atoms with Crippen molar-refractivity contribution in [1.29, 1.82) is 0 Å². The maximum absolute atomic E-state index is 14.3. The van der Waals surface area contributed by atoms with Gasteiger partial charge >= 0.3 is 0 Å².